The van der Waals surface area contributed by atoms with E-state index in [2.05, 4.69) is 34.2 Å². The molecule has 5 heteroatoms. The van der Waals surface area contributed by atoms with E-state index in [1.165, 1.54) is 5.56 Å². The summed E-state index contributed by atoms with van der Waals surface area (Å²) in [4.78, 5) is 16.9. The first-order valence-corrected chi connectivity index (χ1v) is 9.06. The Kier molecular flexibility index (Phi) is 5.47. The Balaban J connectivity index is 1.53. The van der Waals surface area contributed by atoms with E-state index in [1.54, 1.807) is 12.1 Å². The highest BCUT2D eigenvalue weighted by Gasteiger charge is 2.19. The third-order valence-corrected chi connectivity index (χ3v) is 4.90. The number of phenols is 1. The summed E-state index contributed by atoms with van der Waals surface area (Å²) >= 11 is 0. The largest absolute Gasteiger partial charge is 0.508 e. The minimum absolute atomic E-state index is 0.0399. The maximum absolute atomic E-state index is 12.5. The number of hydrogen-bond donors (Lipinski definition) is 2. The zero-order chi connectivity index (χ0) is 18.7. The Labute approximate surface area is 155 Å². The maximum Gasteiger partial charge on any atom is 0.238 e. The zero-order valence-electron chi connectivity index (χ0n) is 15.7. The SMILES string of the molecule is Cc1cc(C)c(NC(=O)CN2CCN(c3ccc(O)cc3)CC2)c(C)c1. The highest BCUT2D eigenvalue weighted by atomic mass is 16.3. The summed E-state index contributed by atoms with van der Waals surface area (Å²) in [5.74, 6) is 0.323. The predicted molar refractivity (Wildman–Crippen MR) is 106 cm³/mol. The third-order valence-electron chi connectivity index (χ3n) is 4.90. The molecule has 0 aromatic heterocycles. The van der Waals surface area contributed by atoms with Crippen molar-refractivity contribution in [1.82, 2.24) is 4.90 Å². The van der Waals surface area contributed by atoms with E-state index >= 15 is 0 Å². The lowest BCUT2D eigenvalue weighted by Crippen LogP contribution is -2.48. The van der Waals surface area contributed by atoms with E-state index in [1.807, 2.05) is 26.0 Å². The second-order valence-electron chi connectivity index (χ2n) is 7.10. The summed E-state index contributed by atoms with van der Waals surface area (Å²) in [6.07, 6.45) is 0. The number of aromatic hydroxyl groups is 1. The number of anilines is 2. The Morgan fingerprint density at radius 3 is 2.15 bits per heavy atom. The van der Waals surface area contributed by atoms with Crippen molar-refractivity contribution in [2.24, 2.45) is 0 Å². The molecule has 0 atom stereocenters. The van der Waals surface area contributed by atoms with Crippen LogP contribution in [0.4, 0.5) is 11.4 Å². The van der Waals surface area contributed by atoms with Crippen LogP contribution >= 0.6 is 0 Å². The topological polar surface area (TPSA) is 55.8 Å². The lowest BCUT2D eigenvalue weighted by Gasteiger charge is -2.35. The first kappa shape index (κ1) is 18.3. The van der Waals surface area contributed by atoms with E-state index in [4.69, 9.17) is 0 Å². The number of hydrogen-bond acceptors (Lipinski definition) is 4. The molecule has 138 valence electrons. The molecule has 0 unspecified atom stereocenters. The summed E-state index contributed by atoms with van der Waals surface area (Å²) < 4.78 is 0. The molecule has 3 rings (SSSR count). The fourth-order valence-corrected chi connectivity index (χ4v) is 3.59. The molecule has 0 aliphatic carbocycles. The van der Waals surface area contributed by atoms with Gasteiger partial charge in [-0.25, -0.2) is 0 Å². The Hall–Kier alpha value is -2.53. The van der Waals surface area contributed by atoms with Crippen molar-refractivity contribution in [3.63, 3.8) is 0 Å². The van der Waals surface area contributed by atoms with Gasteiger partial charge in [-0.3, -0.25) is 9.69 Å². The minimum Gasteiger partial charge on any atom is -0.508 e. The molecule has 0 saturated carbocycles. The molecule has 1 saturated heterocycles. The van der Waals surface area contributed by atoms with Gasteiger partial charge in [0.2, 0.25) is 5.91 Å². The van der Waals surface area contributed by atoms with Crippen molar-refractivity contribution >= 4 is 17.3 Å². The van der Waals surface area contributed by atoms with Crippen LogP contribution in [0.15, 0.2) is 36.4 Å². The van der Waals surface area contributed by atoms with Gasteiger partial charge in [-0.15, -0.1) is 0 Å². The van der Waals surface area contributed by atoms with Crippen LogP contribution in [-0.4, -0.2) is 48.6 Å². The number of carbonyl (C=O) groups excluding carboxylic acids is 1. The van der Waals surface area contributed by atoms with Crippen molar-refractivity contribution < 1.29 is 9.90 Å². The second-order valence-corrected chi connectivity index (χ2v) is 7.10. The number of carbonyl (C=O) groups is 1. The van der Waals surface area contributed by atoms with Crippen molar-refractivity contribution in [1.29, 1.82) is 0 Å². The number of aryl methyl sites for hydroxylation is 3. The molecule has 0 bridgehead atoms. The second kappa shape index (κ2) is 7.79. The number of phenolic OH excluding ortho intramolecular Hbond substituents is 1. The van der Waals surface area contributed by atoms with Crippen LogP contribution < -0.4 is 10.2 Å². The molecule has 5 nitrogen and oxygen atoms in total. The van der Waals surface area contributed by atoms with Crippen LogP contribution in [0.2, 0.25) is 0 Å². The van der Waals surface area contributed by atoms with Crippen molar-refractivity contribution in [2.45, 2.75) is 20.8 Å². The summed E-state index contributed by atoms with van der Waals surface area (Å²) in [6, 6.07) is 11.5. The van der Waals surface area contributed by atoms with Gasteiger partial charge in [0.1, 0.15) is 5.75 Å². The molecule has 1 amide bonds. The molecule has 0 radical (unpaired) electrons. The average Bonchev–Trinajstić information content (AvgIpc) is 2.59. The molecule has 2 aromatic rings. The smallest absolute Gasteiger partial charge is 0.238 e. The summed E-state index contributed by atoms with van der Waals surface area (Å²) in [5.41, 5.74) is 5.46. The third kappa shape index (κ3) is 4.35. The maximum atomic E-state index is 12.5. The molecule has 0 spiro atoms. The highest BCUT2D eigenvalue weighted by molar-refractivity contribution is 5.93. The number of nitrogens with one attached hydrogen (secondary N) is 1. The molecule has 1 heterocycles. The Bertz CT molecular complexity index is 755. The molecule has 2 aromatic carbocycles. The number of amides is 1. The standard InChI is InChI=1S/C21H27N3O2/c1-15-12-16(2)21(17(3)13-15)22-20(26)14-23-8-10-24(11-9-23)18-4-6-19(25)7-5-18/h4-7,12-13,25H,8-11,14H2,1-3H3,(H,22,26). The molecular formula is C21H27N3O2. The number of benzene rings is 2. The van der Waals surface area contributed by atoms with Crippen molar-refractivity contribution in [3.8, 4) is 5.75 Å². The first-order chi connectivity index (χ1) is 12.4. The zero-order valence-corrected chi connectivity index (χ0v) is 15.7. The molecular weight excluding hydrogens is 326 g/mol. The van der Waals surface area contributed by atoms with Crippen molar-refractivity contribution in [2.75, 3.05) is 42.9 Å². The Morgan fingerprint density at radius 1 is 1.00 bits per heavy atom. The van der Waals surface area contributed by atoms with Crippen LogP contribution in [0.25, 0.3) is 0 Å². The molecule has 1 fully saturated rings. The summed E-state index contributed by atoms with van der Waals surface area (Å²) in [5, 5.41) is 12.5. The van der Waals surface area contributed by atoms with E-state index in [0.29, 0.717) is 6.54 Å². The predicted octanol–water partition coefficient (Wildman–Crippen LogP) is 3.08. The number of piperazine rings is 1. The summed E-state index contributed by atoms with van der Waals surface area (Å²) in [6.45, 7) is 10.00. The van der Waals surface area contributed by atoms with E-state index < -0.39 is 0 Å². The normalized spacial score (nSPS) is 15.1. The Morgan fingerprint density at radius 2 is 1.58 bits per heavy atom. The van der Waals surface area contributed by atoms with Gasteiger partial charge in [0, 0.05) is 37.6 Å². The fraction of sp³-hybridized carbons (Fsp3) is 0.381. The van der Waals surface area contributed by atoms with Crippen LogP contribution in [-0.2, 0) is 4.79 Å². The van der Waals surface area contributed by atoms with Gasteiger partial charge in [0.15, 0.2) is 0 Å². The van der Waals surface area contributed by atoms with Crippen LogP contribution in [0, 0.1) is 20.8 Å². The van der Waals surface area contributed by atoms with E-state index in [-0.39, 0.29) is 11.7 Å². The molecule has 1 aliphatic heterocycles. The van der Waals surface area contributed by atoms with Crippen LogP contribution in [0.3, 0.4) is 0 Å². The van der Waals surface area contributed by atoms with Gasteiger partial charge >= 0.3 is 0 Å². The monoisotopic (exact) mass is 353 g/mol. The lowest BCUT2D eigenvalue weighted by atomic mass is 10.1. The van der Waals surface area contributed by atoms with Gasteiger partial charge in [-0.05, 0) is 56.2 Å². The highest BCUT2D eigenvalue weighted by Crippen LogP contribution is 2.22. The van der Waals surface area contributed by atoms with Crippen LogP contribution in [0.5, 0.6) is 5.75 Å². The molecule has 1 aliphatic rings. The van der Waals surface area contributed by atoms with E-state index in [9.17, 15) is 9.90 Å². The first-order valence-electron chi connectivity index (χ1n) is 9.06. The van der Waals surface area contributed by atoms with Gasteiger partial charge in [0.25, 0.3) is 0 Å². The van der Waals surface area contributed by atoms with E-state index in [0.717, 1.165) is 48.7 Å². The fourth-order valence-electron chi connectivity index (χ4n) is 3.59. The average molecular weight is 353 g/mol. The van der Waals surface area contributed by atoms with Gasteiger partial charge in [-0.2, -0.15) is 0 Å². The molecule has 26 heavy (non-hydrogen) atoms. The van der Waals surface area contributed by atoms with Gasteiger partial charge < -0.3 is 15.3 Å². The number of nitrogens with zero attached hydrogens (tertiary/aromatic N) is 2. The minimum atomic E-state index is 0.0399. The summed E-state index contributed by atoms with van der Waals surface area (Å²) in [7, 11) is 0. The lowest BCUT2D eigenvalue weighted by molar-refractivity contribution is -0.117. The van der Waals surface area contributed by atoms with Gasteiger partial charge in [0.05, 0.1) is 6.54 Å². The van der Waals surface area contributed by atoms with Crippen LogP contribution in [0.1, 0.15) is 16.7 Å². The number of rotatable bonds is 4. The quantitative estimate of drug-likeness (QED) is 0.887. The van der Waals surface area contributed by atoms with Crippen molar-refractivity contribution in [3.05, 3.63) is 53.1 Å². The molecule has 2 N–H and O–H groups in total. The van der Waals surface area contributed by atoms with Gasteiger partial charge in [-0.1, -0.05) is 17.7 Å².